The molecule has 1 rings (SSSR count). The fraction of sp³-hybridized carbons (Fsp3) is 0.875. The van der Waals surface area contributed by atoms with E-state index in [-0.39, 0.29) is 11.8 Å². The summed E-state index contributed by atoms with van der Waals surface area (Å²) in [6, 6.07) is 0. The molecule has 21 heavy (non-hydrogen) atoms. The van der Waals surface area contributed by atoms with Crippen molar-refractivity contribution >= 4 is 12.0 Å². The summed E-state index contributed by atoms with van der Waals surface area (Å²) in [6.07, 6.45) is 11.7. The van der Waals surface area contributed by atoms with E-state index in [0.29, 0.717) is 6.54 Å². The first-order valence-corrected chi connectivity index (χ1v) is 8.48. The van der Waals surface area contributed by atoms with Gasteiger partial charge in [-0.2, -0.15) is 5.48 Å². The van der Waals surface area contributed by atoms with E-state index in [0.717, 1.165) is 38.5 Å². The highest BCUT2D eigenvalue weighted by atomic mass is 16.7. The molecule has 0 unspecified atom stereocenters. The van der Waals surface area contributed by atoms with Crippen LogP contribution in [0.5, 0.6) is 0 Å². The van der Waals surface area contributed by atoms with Crippen LogP contribution in [0.3, 0.4) is 0 Å². The molecule has 2 N–H and O–H groups in total. The zero-order chi connectivity index (χ0) is 15.3. The number of amides is 2. The topological polar surface area (TPSA) is 67.4 Å². The first kappa shape index (κ1) is 17.8. The number of hydroxylamine groups is 1. The predicted octanol–water partition coefficient (Wildman–Crippen LogP) is 3.68. The molecule has 0 spiro atoms. The summed E-state index contributed by atoms with van der Waals surface area (Å²) in [5.41, 5.74) is 2.27. The molecule has 122 valence electrons. The van der Waals surface area contributed by atoms with Gasteiger partial charge in [0.05, 0.1) is 0 Å². The lowest BCUT2D eigenvalue weighted by atomic mass is 9.89. The standard InChI is InChI=1S/C16H30N2O3/c1-2-3-4-5-6-10-13-17-16(20)21-18-15(19)14-11-8-7-9-12-14/h14H,2-13H2,1H3,(H,17,20)(H,18,19). The third kappa shape index (κ3) is 8.58. The zero-order valence-corrected chi connectivity index (χ0v) is 13.3. The average Bonchev–Trinajstić information content (AvgIpc) is 2.52. The van der Waals surface area contributed by atoms with Gasteiger partial charge in [-0.25, -0.2) is 4.79 Å². The Morgan fingerprint density at radius 1 is 1.00 bits per heavy atom. The molecule has 0 aliphatic heterocycles. The maximum atomic E-state index is 11.8. The van der Waals surface area contributed by atoms with E-state index < -0.39 is 6.09 Å². The molecule has 0 radical (unpaired) electrons. The predicted molar refractivity (Wildman–Crippen MR) is 82.6 cm³/mol. The van der Waals surface area contributed by atoms with Crippen molar-refractivity contribution in [3.8, 4) is 0 Å². The Bertz CT molecular complexity index is 302. The molecule has 0 aromatic carbocycles. The van der Waals surface area contributed by atoms with Gasteiger partial charge in [0.25, 0.3) is 5.91 Å². The SMILES string of the molecule is CCCCCCCCNC(=O)ONC(=O)C1CCCCC1. The minimum absolute atomic E-state index is 0.00474. The highest BCUT2D eigenvalue weighted by Gasteiger charge is 2.21. The number of carbonyl (C=O) groups is 2. The molecular formula is C16H30N2O3. The third-order valence-corrected chi connectivity index (χ3v) is 4.02. The summed E-state index contributed by atoms with van der Waals surface area (Å²) < 4.78 is 0. The molecule has 0 saturated heterocycles. The highest BCUT2D eigenvalue weighted by molar-refractivity contribution is 5.79. The smallest absolute Gasteiger partial charge is 0.322 e. The Morgan fingerprint density at radius 3 is 2.38 bits per heavy atom. The van der Waals surface area contributed by atoms with Gasteiger partial charge >= 0.3 is 6.09 Å². The molecule has 0 atom stereocenters. The Labute approximate surface area is 128 Å². The van der Waals surface area contributed by atoms with E-state index in [1.165, 1.54) is 32.1 Å². The molecule has 0 bridgehead atoms. The van der Waals surface area contributed by atoms with E-state index in [9.17, 15) is 9.59 Å². The molecule has 1 aliphatic carbocycles. The summed E-state index contributed by atoms with van der Waals surface area (Å²) in [5.74, 6) is -0.158. The lowest BCUT2D eigenvalue weighted by molar-refractivity contribution is -0.134. The van der Waals surface area contributed by atoms with E-state index in [2.05, 4.69) is 17.7 Å². The summed E-state index contributed by atoms with van der Waals surface area (Å²) in [5, 5.41) is 2.66. The second-order valence-corrected chi connectivity index (χ2v) is 5.89. The summed E-state index contributed by atoms with van der Waals surface area (Å²) in [4.78, 5) is 27.9. The fourth-order valence-electron chi connectivity index (χ4n) is 2.68. The summed E-state index contributed by atoms with van der Waals surface area (Å²) in [6.45, 7) is 2.80. The number of nitrogens with one attached hydrogen (secondary N) is 2. The van der Waals surface area contributed by atoms with Gasteiger partial charge in [0.15, 0.2) is 0 Å². The number of hydrogen-bond donors (Lipinski definition) is 2. The van der Waals surface area contributed by atoms with Crippen LogP contribution in [0.25, 0.3) is 0 Å². The molecule has 1 aliphatic rings. The molecule has 1 fully saturated rings. The molecular weight excluding hydrogens is 268 g/mol. The summed E-state index contributed by atoms with van der Waals surface area (Å²) >= 11 is 0. The highest BCUT2D eigenvalue weighted by Crippen LogP contribution is 2.23. The van der Waals surface area contributed by atoms with Crippen LogP contribution in [0.4, 0.5) is 4.79 Å². The third-order valence-electron chi connectivity index (χ3n) is 4.02. The molecule has 0 aromatic rings. The number of hydrogen-bond acceptors (Lipinski definition) is 3. The van der Waals surface area contributed by atoms with Crippen molar-refractivity contribution in [3.05, 3.63) is 0 Å². The molecule has 5 heteroatoms. The summed E-state index contributed by atoms with van der Waals surface area (Å²) in [7, 11) is 0. The molecule has 2 amide bonds. The van der Waals surface area contributed by atoms with Crippen LogP contribution < -0.4 is 10.8 Å². The lowest BCUT2D eigenvalue weighted by Crippen LogP contribution is -2.37. The average molecular weight is 298 g/mol. The number of unbranched alkanes of at least 4 members (excludes halogenated alkanes) is 5. The Balaban J connectivity index is 1.96. The van der Waals surface area contributed by atoms with Crippen LogP contribution in [0, 0.1) is 5.92 Å². The van der Waals surface area contributed by atoms with Crippen LogP contribution in [0.15, 0.2) is 0 Å². The van der Waals surface area contributed by atoms with Crippen molar-refractivity contribution in [2.45, 2.75) is 77.6 Å². The molecule has 0 heterocycles. The van der Waals surface area contributed by atoms with Crippen LogP contribution in [0.1, 0.15) is 77.6 Å². The number of rotatable bonds is 8. The Morgan fingerprint density at radius 2 is 1.67 bits per heavy atom. The van der Waals surface area contributed by atoms with Crippen molar-refractivity contribution in [3.63, 3.8) is 0 Å². The van der Waals surface area contributed by atoms with Crippen molar-refractivity contribution in [1.82, 2.24) is 10.8 Å². The van der Waals surface area contributed by atoms with E-state index >= 15 is 0 Å². The van der Waals surface area contributed by atoms with Gasteiger partial charge in [0.2, 0.25) is 0 Å². The van der Waals surface area contributed by atoms with E-state index in [1.54, 1.807) is 0 Å². The van der Waals surface area contributed by atoms with Gasteiger partial charge in [0, 0.05) is 12.5 Å². The van der Waals surface area contributed by atoms with Gasteiger partial charge in [-0.05, 0) is 19.3 Å². The van der Waals surface area contributed by atoms with Crippen LogP contribution in [-0.4, -0.2) is 18.5 Å². The molecule has 0 aromatic heterocycles. The second kappa shape index (κ2) is 11.4. The van der Waals surface area contributed by atoms with Gasteiger partial charge in [0.1, 0.15) is 0 Å². The first-order chi connectivity index (χ1) is 10.2. The van der Waals surface area contributed by atoms with Crippen molar-refractivity contribution in [2.24, 2.45) is 5.92 Å². The minimum Gasteiger partial charge on any atom is -0.322 e. The number of carbonyl (C=O) groups excluding carboxylic acids is 2. The van der Waals surface area contributed by atoms with Gasteiger partial charge < -0.3 is 10.2 Å². The monoisotopic (exact) mass is 298 g/mol. The maximum absolute atomic E-state index is 11.8. The maximum Gasteiger partial charge on any atom is 0.431 e. The molecule has 1 saturated carbocycles. The Kier molecular flexibility index (Phi) is 9.66. The van der Waals surface area contributed by atoms with Crippen molar-refractivity contribution in [1.29, 1.82) is 0 Å². The van der Waals surface area contributed by atoms with Gasteiger partial charge in [-0.1, -0.05) is 58.3 Å². The molecule has 5 nitrogen and oxygen atoms in total. The quantitative estimate of drug-likeness (QED) is 0.530. The largest absolute Gasteiger partial charge is 0.431 e. The van der Waals surface area contributed by atoms with Gasteiger partial charge in [-0.3, -0.25) is 4.79 Å². The Hall–Kier alpha value is -1.26. The lowest BCUT2D eigenvalue weighted by Gasteiger charge is -2.20. The van der Waals surface area contributed by atoms with Gasteiger partial charge in [-0.15, -0.1) is 0 Å². The first-order valence-electron chi connectivity index (χ1n) is 8.48. The van der Waals surface area contributed by atoms with Crippen LogP contribution in [0.2, 0.25) is 0 Å². The van der Waals surface area contributed by atoms with E-state index in [1.807, 2.05) is 0 Å². The van der Waals surface area contributed by atoms with Crippen molar-refractivity contribution < 1.29 is 14.4 Å². The van der Waals surface area contributed by atoms with Crippen LogP contribution >= 0.6 is 0 Å². The fourth-order valence-corrected chi connectivity index (χ4v) is 2.68. The minimum atomic E-state index is -0.562. The van der Waals surface area contributed by atoms with Crippen LogP contribution in [-0.2, 0) is 9.63 Å². The van der Waals surface area contributed by atoms with E-state index in [4.69, 9.17) is 4.84 Å². The van der Waals surface area contributed by atoms with Crippen molar-refractivity contribution in [2.75, 3.05) is 6.54 Å². The zero-order valence-electron chi connectivity index (χ0n) is 13.3. The second-order valence-electron chi connectivity index (χ2n) is 5.89. The normalized spacial score (nSPS) is 15.5.